The molecule has 86 valence electrons. The number of nitrogens with zero attached hydrogens (tertiary/aromatic N) is 2. The SMILES string of the molecule is Cc1cc(C)n(CCCNC[C@H](C)O)n1. The van der Waals surface area contributed by atoms with E-state index < -0.39 is 0 Å². The molecule has 1 rings (SSSR count). The normalized spacial score (nSPS) is 13.1. The number of aliphatic hydroxyl groups excluding tert-OH is 1. The van der Waals surface area contributed by atoms with Crippen molar-refractivity contribution in [3.05, 3.63) is 17.5 Å². The first-order valence-electron chi connectivity index (χ1n) is 5.49. The van der Waals surface area contributed by atoms with E-state index in [9.17, 15) is 0 Å². The number of nitrogens with one attached hydrogen (secondary N) is 1. The van der Waals surface area contributed by atoms with Crippen LogP contribution in [0.1, 0.15) is 24.7 Å². The van der Waals surface area contributed by atoms with E-state index in [1.165, 1.54) is 5.69 Å². The summed E-state index contributed by atoms with van der Waals surface area (Å²) in [7, 11) is 0. The standard InChI is InChI=1S/C11H21N3O/c1-9-7-10(2)14(13-9)6-4-5-12-8-11(3)15/h7,11-12,15H,4-6,8H2,1-3H3/t11-/m0/s1. The summed E-state index contributed by atoms with van der Waals surface area (Å²) in [5, 5.41) is 16.6. The molecule has 0 radical (unpaired) electrons. The Morgan fingerprint density at radius 3 is 2.80 bits per heavy atom. The number of hydrogen-bond donors (Lipinski definition) is 2. The fourth-order valence-corrected chi connectivity index (χ4v) is 1.57. The van der Waals surface area contributed by atoms with Gasteiger partial charge in [0.05, 0.1) is 11.8 Å². The molecular formula is C11H21N3O. The van der Waals surface area contributed by atoms with Crippen LogP contribution in [0.4, 0.5) is 0 Å². The Labute approximate surface area is 91.3 Å². The van der Waals surface area contributed by atoms with Gasteiger partial charge in [-0.1, -0.05) is 0 Å². The molecule has 2 N–H and O–H groups in total. The van der Waals surface area contributed by atoms with Crippen LogP contribution < -0.4 is 5.32 Å². The maximum absolute atomic E-state index is 9.04. The molecule has 0 aromatic carbocycles. The Balaban J connectivity index is 2.17. The zero-order valence-electron chi connectivity index (χ0n) is 9.82. The van der Waals surface area contributed by atoms with Gasteiger partial charge in [0.15, 0.2) is 0 Å². The maximum atomic E-state index is 9.04. The molecule has 1 aromatic rings. The van der Waals surface area contributed by atoms with E-state index in [-0.39, 0.29) is 6.10 Å². The van der Waals surface area contributed by atoms with E-state index in [4.69, 9.17) is 5.11 Å². The van der Waals surface area contributed by atoms with Crippen LogP contribution in [0.5, 0.6) is 0 Å². The molecule has 0 saturated carbocycles. The molecule has 15 heavy (non-hydrogen) atoms. The van der Waals surface area contributed by atoms with E-state index in [2.05, 4.69) is 23.4 Å². The van der Waals surface area contributed by atoms with E-state index in [1.807, 2.05) is 11.6 Å². The smallest absolute Gasteiger partial charge is 0.0636 e. The highest BCUT2D eigenvalue weighted by atomic mass is 16.3. The Kier molecular flexibility index (Phi) is 4.78. The van der Waals surface area contributed by atoms with Crippen LogP contribution in [0, 0.1) is 13.8 Å². The predicted octanol–water partition coefficient (Wildman–Crippen LogP) is 0.860. The van der Waals surface area contributed by atoms with Crippen molar-refractivity contribution in [1.82, 2.24) is 15.1 Å². The Bertz CT molecular complexity index is 294. The van der Waals surface area contributed by atoms with Crippen LogP contribution in [-0.4, -0.2) is 34.1 Å². The predicted molar refractivity (Wildman–Crippen MR) is 60.9 cm³/mol. The molecule has 0 saturated heterocycles. The number of hydrogen-bond acceptors (Lipinski definition) is 3. The summed E-state index contributed by atoms with van der Waals surface area (Å²) >= 11 is 0. The lowest BCUT2D eigenvalue weighted by atomic mass is 10.3. The minimum absolute atomic E-state index is 0.265. The molecule has 0 aliphatic carbocycles. The summed E-state index contributed by atoms with van der Waals surface area (Å²) in [6.45, 7) is 8.39. The highest BCUT2D eigenvalue weighted by Gasteiger charge is 2.00. The molecular weight excluding hydrogens is 190 g/mol. The zero-order valence-corrected chi connectivity index (χ0v) is 9.82. The lowest BCUT2D eigenvalue weighted by molar-refractivity contribution is 0.191. The summed E-state index contributed by atoms with van der Waals surface area (Å²) in [6, 6.07) is 2.09. The monoisotopic (exact) mass is 211 g/mol. The second-order valence-electron chi connectivity index (χ2n) is 4.06. The molecule has 4 heteroatoms. The molecule has 0 fully saturated rings. The first-order chi connectivity index (χ1) is 7.09. The van der Waals surface area contributed by atoms with Crippen molar-refractivity contribution in [3.63, 3.8) is 0 Å². The average Bonchev–Trinajstić information content (AvgIpc) is 2.44. The Morgan fingerprint density at radius 2 is 2.27 bits per heavy atom. The lowest BCUT2D eigenvalue weighted by Crippen LogP contribution is -2.26. The number of aryl methyl sites for hydroxylation is 3. The van der Waals surface area contributed by atoms with Gasteiger partial charge in [-0.25, -0.2) is 0 Å². The Morgan fingerprint density at radius 1 is 1.53 bits per heavy atom. The summed E-state index contributed by atoms with van der Waals surface area (Å²) in [4.78, 5) is 0. The van der Waals surface area contributed by atoms with Gasteiger partial charge < -0.3 is 10.4 Å². The molecule has 0 spiro atoms. The summed E-state index contributed by atoms with van der Waals surface area (Å²) < 4.78 is 2.03. The molecule has 0 aliphatic rings. The van der Waals surface area contributed by atoms with E-state index in [1.54, 1.807) is 6.92 Å². The molecule has 0 unspecified atom stereocenters. The first kappa shape index (κ1) is 12.2. The van der Waals surface area contributed by atoms with E-state index in [0.717, 1.165) is 25.2 Å². The van der Waals surface area contributed by atoms with Gasteiger partial charge in [0.25, 0.3) is 0 Å². The molecule has 1 aromatic heterocycles. The van der Waals surface area contributed by atoms with Gasteiger partial charge in [-0.15, -0.1) is 0 Å². The van der Waals surface area contributed by atoms with Crippen molar-refractivity contribution in [1.29, 1.82) is 0 Å². The van der Waals surface area contributed by atoms with Crippen LogP contribution in [-0.2, 0) is 6.54 Å². The van der Waals surface area contributed by atoms with Crippen molar-refractivity contribution in [3.8, 4) is 0 Å². The molecule has 4 nitrogen and oxygen atoms in total. The molecule has 0 aliphatic heterocycles. The van der Waals surface area contributed by atoms with Crippen LogP contribution in [0.3, 0.4) is 0 Å². The van der Waals surface area contributed by atoms with Crippen LogP contribution in [0.2, 0.25) is 0 Å². The number of aliphatic hydroxyl groups is 1. The number of rotatable bonds is 6. The van der Waals surface area contributed by atoms with Gasteiger partial charge in [-0.05, 0) is 39.8 Å². The third-order valence-electron chi connectivity index (χ3n) is 2.27. The minimum atomic E-state index is -0.265. The quantitative estimate of drug-likeness (QED) is 0.686. The van der Waals surface area contributed by atoms with Gasteiger partial charge in [0.1, 0.15) is 0 Å². The van der Waals surface area contributed by atoms with E-state index in [0.29, 0.717) is 6.54 Å². The first-order valence-corrected chi connectivity index (χ1v) is 5.49. The number of aromatic nitrogens is 2. The Hall–Kier alpha value is -0.870. The molecule has 1 atom stereocenters. The largest absolute Gasteiger partial charge is 0.392 e. The van der Waals surface area contributed by atoms with Gasteiger partial charge in [-0.2, -0.15) is 5.10 Å². The third-order valence-corrected chi connectivity index (χ3v) is 2.27. The second-order valence-corrected chi connectivity index (χ2v) is 4.06. The fraction of sp³-hybridized carbons (Fsp3) is 0.727. The van der Waals surface area contributed by atoms with Crippen LogP contribution in [0.25, 0.3) is 0 Å². The summed E-state index contributed by atoms with van der Waals surface area (Å²) in [5.74, 6) is 0. The van der Waals surface area contributed by atoms with Crippen molar-refractivity contribution >= 4 is 0 Å². The molecule has 0 amide bonds. The lowest BCUT2D eigenvalue weighted by Gasteiger charge is -2.07. The fourth-order valence-electron chi connectivity index (χ4n) is 1.57. The van der Waals surface area contributed by atoms with Gasteiger partial charge in [-0.3, -0.25) is 4.68 Å². The topological polar surface area (TPSA) is 50.1 Å². The molecule has 1 heterocycles. The highest BCUT2D eigenvalue weighted by molar-refractivity contribution is 5.06. The van der Waals surface area contributed by atoms with Gasteiger partial charge in [0, 0.05) is 18.8 Å². The second kappa shape index (κ2) is 5.88. The maximum Gasteiger partial charge on any atom is 0.0636 e. The minimum Gasteiger partial charge on any atom is -0.392 e. The molecule has 0 bridgehead atoms. The summed E-state index contributed by atoms with van der Waals surface area (Å²) in [6.07, 6.45) is 0.771. The van der Waals surface area contributed by atoms with Crippen molar-refractivity contribution in [2.45, 2.75) is 39.8 Å². The van der Waals surface area contributed by atoms with Gasteiger partial charge >= 0.3 is 0 Å². The van der Waals surface area contributed by atoms with Crippen LogP contribution >= 0.6 is 0 Å². The summed E-state index contributed by atoms with van der Waals surface area (Å²) in [5.41, 5.74) is 2.28. The van der Waals surface area contributed by atoms with Crippen LogP contribution in [0.15, 0.2) is 6.07 Å². The van der Waals surface area contributed by atoms with Crippen molar-refractivity contribution < 1.29 is 5.11 Å². The van der Waals surface area contributed by atoms with Gasteiger partial charge in [0.2, 0.25) is 0 Å². The van der Waals surface area contributed by atoms with Crippen molar-refractivity contribution in [2.24, 2.45) is 0 Å². The zero-order chi connectivity index (χ0) is 11.3. The van der Waals surface area contributed by atoms with E-state index >= 15 is 0 Å². The highest BCUT2D eigenvalue weighted by Crippen LogP contribution is 2.01. The average molecular weight is 211 g/mol. The van der Waals surface area contributed by atoms with Crippen molar-refractivity contribution in [2.75, 3.05) is 13.1 Å². The third kappa shape index (κ3) is 4.44.